The van der Waals surface area contributed by atoms with Crippen LogP contribution >= 0.6 is 17.8 Å². The summed E-state index contributed by atoms with van der Waals surface area (Å²) >= 11 is 1.12. The molecule has 0 fully saturated rings. The molecule has 0 bridgehead atoms. The molecule has 2 radical (unpaired) electrons. The fraction of sp³-hybridized carbons (Fsp3) is 0.800. The quantitative estimate of drug-likeness (QED) is 0.465. The molecule has 0 amide bonds. The van der Waals surface area contributed by atoms with Crippen molar-refractivity contribution in [2.45, 2.75) is 26.4 Å². The molecule has 0 unspecified atom stereocenters. The monoisotopic (exact) mass is 436 g/mol. The van der Waals surface area contributed by atoms with Crippen LogP contribution in [0.15, 0.2) is 0 Å². The van der Waals surface area contributed by atoms with Gasteiger partial charge in [0.2, 0.25) is 0 Å². The molecule has 9 heavy (non-hydrogen) atoms. The Morgan fingerprint density at radius 2 is 2.00 bits per heavy atom. The second kappa shape index (κ2) is 4.10. The van der Waals surface area contributed by atoms with Crippen molar-refractivity contribution in [1.82, 2.24) is 0 Å². The van der Waals surface area contributed by atoms with Crippen LogP contribution in [0.25, 0.3) is 0 Å². The Morgan fingerprint density at radius 1 is 1.56 bits per heavy atom. The second-order valence-electron chi connectivity index (χ2n) is 2.60. The van der Waals surface area contributed by atoms with Gasteiger partial charge >= 0.3 is 77.1 Å². The van der Waals surface area contributed by atoms with Crippen LogP contribution in [0.3, 0.4) is 0 Å². The minimum atomic E-state index is -1.06. The van der Waals surface area contributed by atoms with E-state index in [0.29, 0.717) is 0 Å². The van der Waals surface area contributed by atoms with Gasteiger partial charge in [0.25, 0.3) is 0 Å². The first kappa shape index (κ1) is 10.1. The van der Waals surface area contributed by atoms with Crippen LogP contribution in [0.5, 0.6) is 0 Å². The molecule has 0 aromatic heterocycles. The number of rotatable bonds is 1. The molecule has 0 aliphatic rings. The average molecular weight is 435 g/mol. The number of ether oxygens (including phenoxy) is 1. The summed E-state index contributed by atoms with van der Waals surface area (Å²) in [6, 6.07) is 0. The van der Waals surface area contributed by atoms with Gasteiger partial charge in [-0.3, -0.25) is 0 Å². The Hall–Kier alpha value is 1.12. The zero-order chi connectivity index (χ0) is 7.49. The van der Waals surface area contributed by atoms with Gasteiger partial charge in [-0.25, -0.2) is 0 Å². The number of carbonyl (C=O) groups is 1. The van der Waals surface area contributed by atoms with E-state index in [2.05, 4.69) is 17.8 Å². The molecule has 0 N–H and O–H groups in total. The molecule has 0 aliphatic heterocycles. The Labute approximate surface area is 76.4 Å². The molecule has 0 atom stereocenters. The van der Waals surface area contributed by atoms with Crippen LogP contribution in [0.1, 0.15) is 20.8 Å². The van der Waals surface area contributed by atoms with Gasteiger partial charge in [-0.1, -0.05) is 0 Å². The molecule has 52 valence electrons. The first-order chi connectivity index (χ1) is 3.95. The number of hydrogen-bond donors (Lipinski definition) is 0. The number of halogens is 1. The van der Waals surface area contributed by atoms with E-state index >= 15 is 0 Å². The summed E-state index contributed by atoms with van der Waals surface area (Å²) in [6.45, 7) is 5.67. The van der Waals surface area contributed by atoms with Gasteiger partial charge in [0, 0.05) is 0 Å². The van der Waals surface area contributed by atoms with Gasteiger partial charge < -0.3 is 0 Å². The van der Waals surface area contributed by atoms with Crippen LogP contribution in [0.2, 0.25) is 0 Å². The van der Waals surface area contributed by atoms with Gasteiger partial charge in [0.1, 0.15) is 0 Å². The molecular weight excluding hydrogens is 426 g/mol. The van der Waals surface area contributed by atoms with Crippen molar-refractivity contribution in [2.24, 2.45) is 0 Å². The van der Waals surface area contributed by atoms with E-state index in [0.717, 1.165) is 0 Å². The zero-order valence-corrected chi connectivity index (χ0v) is 11.7. The number of hydrogen-bond acceptors (Lipinski definition) is 2. The van der Waals surface area contributed by atoms with Gasteiger partial charge in [0.05, 0.1) is 0 Å². The standard InChI is InChI=1S/C5H9O2.HI.Pb/c1-5(2,3)7-4-6;;/h1-3H3;1H;/q;;+1/p-1. The SMILES string of the molecule is CC(C)(C)O[C](=O)[Pb][I]. The van der Waals surface area contributed by atoms with Crippen molar-refractivity contribution >= 4 is 41.2 Å². The summed E-state index contributed by atoms with van der Waals surface area (Å²) in [5.74, 6) is 0. The second-order valence-corrected chi connectivity index (χ2v) is 9.65. The van der Waals surface area contributed by atoms with E-state index in [9.17, 15) is 4.79 Å². The van der Waals surface area contributed by atoms with E-state index in [1.54, 1.807) is 0 Å². The van der Waals surface area contributed by atoms with Crippen LogP contribution in [0.4, 0.5) is 4.79 Å². The van der Waals surface area contributed by atoms with Gasteiger partial charge in [-0.2, -0.15) is 0 Å². The maximum atomic E-state index is 10.7. The molecule has 0 aliphatic carbocycles. The van der Waals surface area contributed by atoms with Gasteiger partial charge in [-0.05, 0) is 0 Å². The summed E-state index contributed by atoms with van der Waals surface area (Å²) in [7, 11) is 0. The van der Waals surface area contributed by atoms with Crippen molar-refractivity contribution in [2.75, 3.05) is 0 Å². The molecule has 0 heterocycles. The van der Waals surface area contributed by atoms with E-state index in [1.807, 2.05) is 20.8 Å². The average Bonchev–Trinajstić information content (AvgIpc) is 1.62. The minimum absolute atomic E-state index is 0.0445. The third-order valence-electron chi connectivity index (χ3n) is 0.476. The molecule has 0 aromatic rings. The fourth-order valence-corrected chi connectivity index (χ4v) is 2.60. The van der Waals surface area contributed by atoms with Crippen LogP contribution in [0, 0.1) is 0 Å². The van der Waals surface area contributed by atoms with Crippen molar-refractivity contribution in [3.05, 3.63) is 0 Å². The summed E-state index contributed by atoms with van der Waals surface area (Å²) in [5.41, 5.74) is -0.282. The van der Waals surface area contributed by atoms with E-state index < -0.39 is 19.9 Å². The van der Waals surface area contributed by atoms with E-state index in [-0.39, 0.29) is 9.13 Å². The predicted molar refractivity (Wildman–Crippen MR) is 46.0 cm³/mol. The Kier molecular flexibility index (Phi) is 4.61. The normalized spacial score (nSPS) is 11.1. The topological polar surface area (TPSA) is 26.3 Å². The Morgan fingerprint density at radius 3 is 2.11 bits per heavy atom. The van der Waals surface area contributed by atoms with Crippen molar-refractivity contribution < 1.29 is 9.53 Å². The number of carbonyl (C=O) groups excluding carboxylic acids is 1. The Balaban J connectivity index is 3.60. The first-order valence-electron chi connectivity index (χ1n) is 2.55. The molecule has 0 rings (SSSR count). The van der Waals surface area contributed by atoms with Gasteiger partial charge in [0.15, 0.2) is 0 Å². The molecule has 0 aromatic carbocycles. The summed E-state index contributed by atoms with van der Waals surface area (Å²) in [4.78, 5) is 10.7. The molecule has 4 heteroatoms. The van der Waals surface area contributed by atoms with Crippen molar-refractivity contribution in [1.29, 1.82) is 0 Å². The predicted octanol–water partition coefficient (Wildman–Crippen LogP) is 1.98. The van der Waals surface area contributed by atoms with Crippen molar-refractivity contribution in [3.8, 4) is 0 Å². The van der Waals surface area contributed by atoms with Crippen LogP contribution in [-0.2, 0) is 4.74 Å². The molecule has 2 nitrogen and oxygen atoms in total. The molecule has 0 saturated heterocycles. The summed E-state index contributed by atoms with van der Waals surface area (Å²) < 4.78 is 5.07. The molecule has 0 saturated carbocycles. The summed E-state index contributed by atoms with van der Waals surface area (Å²) in [5, 5.41) is 0. The third-order valence-corrected chi connectivity index (χ3v) is 5.34. The molecular formula is C5H9IO2Pb. The van der Waals surface area contributed by atoms with Crippen LogP contribution in [-0.4, -0.2) is 29.1 Å². The first-order valence-corrected chi connectivity index (χ1v) is 15.4. The van der Waals surface area contributed by atoms with E-state index in [1.165, 1.54) is 0 Å². The van der Waals surface area contributed by atoms with E-state index in [4.69, 9.17) is 4.74 Å². The zero-order valence-electron chi connectivity index (χ0n) is 5.69. The van der Waals surface area contributed by atoms with Crippen LogP contribution < -0.4 is 0 Å². The fourth-order valence-electron chi connectivity index (χ4n) is 0.297. The van der Waals surface area contributed by atoms with Gasteiger partial charge in [-0.15, -0.1) is 0 Å². The Bertz CT molecular complexity index is 108. The third kappa shape index (κ3) is 7.01. The van der Waals surface area contributed by atoms with Crippen molar-refractivity contribution in [3.63, 3.8) is 0 Å². The molecule has 0 spiro atoms. The summed E-state index contributed by atoms with van der Waals surface area (Å²) in [6.07, 6.45) is 0. The maximum absolute atomic E-state index is 10.7.